The summed E-state index contributed by atoms with van der Waals surface area (Å²) in [5.74, 6) is -9.27. The monoisotopic (exact) mass is 880 g/mol. The van der Waals surface area contributed by atoms with Crippen molar-refractivity contribution in [1.29, 1.82) is 0 Å². The lowest BCUT2D eigenvalue weighted by atomic mass is 9.99. The van der Waals surface area contributed by atoms with Crippen LogP contribution < -0.4 is 10.9 Å². The number of ether oxygens (including phenoxy) is 1. The lowest BCUT2D eigenvalue weighted by Gasteiger charge is -2.26. The molecule has 1 aliphatic heterocycles. The average molecular weight is 881 g/mol. The molecule has 3 atom stereocenters. The van der Waals surface area contributed by atoms with E-state index < -0.39 is 93.5 Å². The Morgan fingerprint density at radius 1 is 0.935 bits per heavy atom. The molecule has 1 saturated carbocycles. The molecule has 1 unspecified atom stereocenters. The first-order chi connectivity index (χ1) is 29.5. The smallest absolute Gasteiger partial charge is 0.293 e. The summed E-state index contributed by atoms with van der Waals surface area (Å²) in [6.07, 6.45) is -3.65. The van der Waals surface area contributed by atoms with Crippen molar-refractivity contribution >= 4 is 26.8 Å². The molecule has 0 radical (unpaired) electrons. The Morgan fingerprint density at radius 2 is 1.65 bits per heavy atom. The Labute approximate surface area is 348 Å². The van der Waals surface area contributed by atoms with Crippen LogP contribution in [0.1, 0.15) is 58.7 Å². The topological polar surface area (TPSA) is 128 Å². The van der Waals surface area contributed by atoms with Gasteiger partial charge in [-0.15, -0.1) is 0 Å². The zero-order valence-corrected chi connectivity index (χ0v) is 33.4. The first-order valence-corrected chi connectivity index (χ1v) is 21.0. The van der Waals surface area contributed by atoms with Crippen molar-refractivity contribution in [3.05, 3.63) is 141 Å². The van der Waals surface area contributed by atoms with E-state index in [-0.39, 0.29) is 71.2 Å². The predicted octanol–water partition coefficient (Wildman–Crippen LogP) is 7.24. The van der Waals surface area contributed by atoms with E-state index in [1.54, 1.807) is 25.1 Å². The molecule has 3 aliphatic rings. The van der Waals surface area contributed by atoms with Crippen molar-refractivity contribution in [2.45, 2.75) is 55.5 Å². The molecular formula is C43H35F7N6O5S. The van der Waals surface area contributed by atoms with E-state index in [2.05, 4.69) is 10.4 Å². The molecule has 19 heteroatoms. The van der Waals surface area contributed by atoms with Crippen LogP contribution in [0, 0.1) is 30.3 Å². The Kier molecular flexibility index (Phi) is 10.3. The third-order valence-electron chi connectivity index (χ3n) is 11.6. The summed E-state index contributed by atoms with van der Waals surface area (Å²) in [5, 5.41) is 6.43. The molecule has 9 rings (SSSR count). The fourth-order valence-electron chi connectivity index (χ4n) is 8.63. The largest absolute Gasteiger partial charge is 0.379 e. The summed E-state index contributed by atoms with van der Waals surface area (Å²) in [7, 11) is -3.99. The van der Waals surface area contributed by atoms with Gasteiger partial charge >= 0.3 is 0 Å². The summed E-state index contributed by atoms with van der Waals surface area (Å²) in [5.41, 5.74) is -0.839. The highest BCUT2D eigenvalue weighted by molar-refractivity contribution is 7.89. The lowest BCUT2D eigenvalue weighted by Crippen LogP contribution is -2.40. The number of aromatic nitrogens is 4. The second-order valence-electron chi connectivity index (χ2n) is 15.6. The molecule has 1 N–H and O–H groups in total. The number of nitrogens with zero attached hydrogens (tertiary/aromatic N) is 5. The minimum atomic E-state index is -3.99. The van der Waals surface area contributed by atoms with Crippen LogP contribution in [-0.2, 0) is 38.4 Å². The first kappa shape index (κ1) is 41.4. The van der Waals surface area contributed by atoms with Crippen molar-refractivity contribution in [3.63, 3.8) is 0 Å². The minimum Gasteiger partial charge on any atom is -0.379 e. The average Bonchev–Trinajstić information content (AvgIpc) is 3.88. The van der Waals surface area contributed by atoms with Gasteiger partial charge in [-0.25, -0.2) is 35.4 Å². The zero-order chi connectivity index (χ0) is 43.8. The summed E-state index contributed by atoms with van der Waals surface area (Å²) >= 11 is 0. The Morgan fingerprint density at radius 3 is 2.32 bits per heavy atom. The number of alkyl halides is 4. The SMILES string of the molecule is Cc1cc(F)ccc1-c1ccc2c(=O)n(-c3ccc(S(=O)(=O)N4CCOCC4)cc3)c([C@H](Cc3cc(F)cc(F)c3)NC(=O)Cn3nc(C(F)F)c4c3C(F)(F)C3C[C@@H]43)nc2c1. The molecule has 1 saturated heterocycles. The number of morpholine rings is 1. The fourth-order valence-corrected chi connectivity index (χ4v) is 10.0. The first-order valence-electron chi connectivity index (χ1n) is 19.5. The number of nitrogens with one attached hydrogen (secondary N) is 1. The number of rotatable bonds is 11. The number of aryl methyl sites for hydroxylation is 1. The van der Waals surface area contributed by atoms with Gasteiger partial charge in [0.2, 0.25) is 15.9 Å². The molecular weight excluding hydrogens is 846 g/mol. The molecule has 2 aromatic heterocycles. The number of sulfonamides is 1. The second-order valence-corrected chi connectivity index (χ2v) is 17.5. The minimum absolute atomic E-state index is 0.00237. The van der Waals surface area contributed by atoms with Gasteiger partial charge in [-0.1, -0.05) is 12.1 Å². The molecule has 2 fully saturated rings. The maximum atomic E-state index is 15.5. The Bertz CT molecular complexity index is 2930. The molecule has 2 aliphatic carbocycles. The van der Waals surface area contributed by atoms with Gasteiger partial charge in [-0.05, 0) is 102 Å². The van der Waals surface area contributed by atoms with Crippen molar-refractivity contribution < 1.29 is 48.7 Å². The highest BCUT2D eigenvalue weighted by Gasteiger charge is 2.67. The van der Waals surface area contributed by atoms with Crippen LogP contribution in [-0.4, -0.2) is 64.3 Å². The van der Waals surface area contributed by atoms with Gasteiger partial charge in [0.25, 0.3) is 17.9 Å². The van der Waals surface area contributed by atoms with E-state index in [1.807, 2.05) is 0 Å². The highest BCUT2D eigenvalue weighted by atomic mass is 32.2. The molecule has 1 amide bonds. The number of carbonyl (C=O) groups excluding carboxylic acids is 1. The fraction of sp³-hybridized carbons (Fsp3) is 0.302. The molecule has 0 bridgehead atoms. The summed E-state index contributed by atoms with van der Waals surface area (Å²) in [6, 6.07) is 15.1. The number of hydrogen-bond acceptors (Lipinski definition) is 7. The van der Waals surface area contributed by atoms with Crippen molar-refractivity contribution in [2.24, 2.45) is 5.92 Å². The Balaban J connectivity index is 1.19. The standard InChI is InChI=1S/C43H35F7N6O5S/c1-22-14-25(44)3-9-30(22)24-2-8-31-34(18-24)52-41(56(42(31)58)28-4-6-29(7-5-28)62(59,60)54-10-12-61-13-11-54)35(17-23-15-26(45)19-27(46)16-23)51-36(57)21-55-39-37(38(53-55)40(47)48)32-20-33(32)43(39,49)50/h2-9,14-16,18-19,32-33,35,40H,10-13,17,20-21H2,1H3,(H,51,57)/t32-,33?,35+/m1/s1. The van der Waals surface area contributed by atoms with Crippen LogP contribution in [0.2, 0.25) is 0 Å². The third kappa shape index (κ3) is 7.34. The molecule has 62 heavy (non-hydrogen) atoms. The van der Waals surface area contributed by atoms with E-state index in [0.717, 1.165) is 16.7 Å². The number of carbonyl (C=O) groups is 1. The summed E-state index contributed by atoms with van der Waals surface area (Å²) in [6.45, 7) is 1.34. The number of hydrogen-bond donors (Lipinski definition) is 1. The quantitative estimate of drug-likeness (QED) is 0.136. The van der Waals surface area contributed by atoms with E-state index >= 15 is 8.78 Å². The normalized spacial score (nSPS) is 18.8. The second kappa shape index (κ2) is 15.5. The van der Waals surface area contributed by atoms with Crippen LogP contribution in [0.4, 0.5) is 30.7 Å². The molecule has 0 spiro atoms. The van der Waals surface area contributed by atoms with Crippen LogP contribution in [0.5, 0.6) is 0 Å². The van der Waals surface area contributed by atoms with Gasteiger partial charge in [0.1, 0.15) is 41.2 Å². The van der Waals surface area contributed by atoms with Gasteiger partial charge < -0.3 is 10.1 Å². The summed E-state index contributed by atoms with van der Waals surface area (Å²) < 4.78 is 138. The van der Waals surface area contributed by atoms with E-state index in [9.17, 15) is 40.0 Å². The van der Waals surface area contributed by atoms with E-state index in [1.165, 1.54) is 46.8 Å². The molecule has 6 aromatic rings. The van der Waals surface area contributed by atoms with Crippen LogP contribution >= 0.6 is 0 Å². The third-order valence-corrected chi connectivity index (χ3v) is 13.5. The number of fused-ring (bicyclic) bond motifs is 4. The van der Waals surface area contributed by atoms with Crippen LogP contribution in [0.3, 0.4) is 0 Å². The maximum Gasteiger partial charge on any atom is 0.293 e. The molecule has 4 aromatic carbocycles. The van der Waals surface area contributed by atoms with E-state index in [0.29, 0.717) is 27.4 Å². The molecule has 3 heterocycles. The van der Waals surface area contributed by atoms with Crippen molar-refractivity contribution in [3.8, 4) is 16.8 Å². The number of benzene rings is 4. The van der Waals surface area contributed by atoms with Gasteiger partial charge in [-0.3, -0.25) is 18.8 Å². The lowest BCUT2D eigenvalue weighted by molar-refractivity contribution is -0.123. The number of halogens is 7. The van der Waals surface area contributed by atoms with Gasteiger partial charge in [0.15, 0.2) is 0 Å². The Hall–Kier alpha value is -5.92. The van der Waals surface area contributed by atoms with Gasteiger partial charge in [0.05, 0.1) is 40.7 Å². The highest BCUT2D eigenvalue weighted by Crippen LogP contribution is 2.68. The van der Waals surface area contributed by atoms with Gasteiger partial charge in [0, 0.05) is 37.1 Å². The van der Waals surface area contributed by atoms with E-state index in [4.69, 9.17) is 9.72 Å². The maximum absolute atomic E-state index is 15.5. The predicted molar refractivity (Wildman–Crippen MR) is 210 cm³/mol. The summed E-state index contributed by atoms with van der Waals surface area (Å²) in [4.78, 5) is 33.5. The van der Waals surface area contributed by atoms with Crippen LogP contribution in [0.15, 0.2) is 88.6 Å². The van der Waals surface area contributed by atoms with Crippen molar-refractivity contribution in [1.82, 2.24) is 29.0 Å². The molecule has 11 nitrogen and oxygen atoms in total. The van der Waals surface area contributed by atoms with Gasteiger partial charge in [-0.2, -0.15) is 18.2 Å². The molecule has 322 valence electrons. The number of amides is 1. The van der Waals surface area contributed by atoms with Crippen LogP contribution in [0.25, 0.3) is 27.7 Å². The van der Waals surface area contributed by atoms with Crippen molar-refractivity contribution in [2.75, 3.05) is 26.3 Å². The zero-order valence-electron chi connectivity index (χ0n) is 32.6.